The minimum absolute atomic E-state index is 0.0340. The Morgan fingerprint density at radius 1 is 1.43 bits per heavy atom. The van der Waals surface area contributed by atoms with E-state index in [2.05, 4.69) is 4.98 Å². The maximum Gasteiger partial charge on any atom is 0.265 e. The van der Waals surface area contributed by atoms with Gasteiger partial charge in [-0.1, -0.05) is 0 Å². The Morgan fingerprint density at radius 2 is 2.05 bits per heavy atom. The van der Waals surface area contributed by atoms with E-state index < -0.39 is 0 Å². The van der Waals surface area contributed by atoms with Gasteiger partial charge in [0.25, 0.3) is 5.91 Å². The number of hydrogen-bond donors (Lipinski definition) is 1. The van der Waals surface area contributed by atoms with Crippen LogP contribution in [0, 0.1) is 12.7 Å². The average Bonchev–Trinajstić information content (AvgIpc) is 2.87. The van der Waals surface area contributed by atoms with Crippen LogP contribution >= 0.6 is 11.3 Å². The third-order valence-electron chi connectivity index (χ3n) is 3.40. The fourth-order valence-electron chi connectivity index (χ4n) is 1.83. The zero-order chi connectivity index (χ0) is 15.6. The lowest BCUT2D eigenvalue weighted by atomic mass is 10.2. The van der Waals surface area contributed by atoms with Crippen LogP contribution in [0.15, 0.2) is 24.3 Å². The smallest absolute Gasteiger partial charge is 0.265 e. The van der Waals surface area contributed by atoms with E-state index in [0.29, 0.717) is 22.1 Å². The Bertz CT molecular complexity index is 639. The van der Waals surface area contributed by atoms with Crippen LogP contribution in [0.4, 0.5) is 4.39 Å². The highest BCUT2D eigenvalue weighted by Crippen LogP contribution is 2.29. The first-order valence-electron chi connectivity index (χ1n) is 6.64. The first-order valence-corrected chi connectivity index (χ1v) is 7.46. The van der Waals surface area contributed by atoms with Gasteiger partial charge in [0.1, 0.15) is 15.7 Å². The molecule has 1 heterocycles. The number of halogens is 1. The van der Waals surface area contributed by atoms with Crippen molar-refractivity contribution >= 4 is 17.2 Å². The molecule has 0 saturated heterocycles. The fourth-order valence-corrected chi connectivity index (χ4v) is 2.88. The lowest BCUT2D eigenvalue weighted by molar-refractivity contribution is 0.0752. The number of amides is 1. The molecule has 21 heavy (non-hydrogen) atoms. The number of likely N-dealkylation sites (N-methyl/N-ethyl adjacent to an activating group) is 1. The van der Waals surface area contributed by atoms with Gasteiger partial charge in [0.05, 0.1) is 5.69 Å². The molecule has 112 valence electrons. The molecule has 0 aliphatic rings. The standard InChI is InChI=1S/C15H18FN3OS/c1-9(8-17)19(3)15(20)13-10(2)18-14(21-13)11-4-6-12(16)7-5-11/h4-7,9H,8,17H2,1-3H3. The quantitative estimate of drug-likeness (QED) is 0.944. The van der Waals surface area contributed by atoms with Crippen LogP contribution in [0.3, 0.4) is 0 Å². The van der Waals surface area contributed by atoms with Gasteiger partial charge < -0.3 is 10.6 Å². The second-order valence-corrected chi connectivity index (χ2v) is 5.94. The number of carbonyl (C=O) groups is 1. The summed E-state index contributed by atoms with van der Waals surface area (Å²) < 4.78 is 13.0. The number of rotatable bonds is 4. The predicted molar refractivity (Wildman–Crippen MR) is 82.9 cm³/mol. The van der Waals surface area contributed by atoms with Crippen LogP contribution in [0.5, 0.6) is 0 Å². The SMILES string of the molecule is Cc1nc(-c2ccc(F)cc2)sc1C(=O)N(C)C(C)CN. The molecule has 1 atom stereocenters. The first kappa shape index (κ1) is 15.6. The zero-order valence-corrected chi connectivity index (χ0v) is 13.1. The summed E-state index contributed by atoms with van der Waals surface area (Å²) in [5.41, 5.74) is 7.08. The largest absolute Gasteiger partial charge is 0.337 e. The van der Waals surface area contributed by atoms with Crippen molar-refractivity contribution in [1.29, 1.82) is 0 Å². The Balaban J connectivity index is 2.31. The molecule has 6 heteroatoms. The molecule has 0 aliphatic carbocycles. The number of carbonyl (C=O) groups excluding carboxylic acids is 1. The highest BCUT2D eigenvalue weighted by Gasteiger charge is 2.22. The van der Waals surface area contributed by atoms with Gasteiger partial charge in [-0.3, -0.25) is 4.79 Å². The van der Waals surface area contributed by atoms with Gasteiger partial charge in [-0.25, -0.2) is 9.37 Å². The van der Waals surface area contributed by atoms with Gasteiger partial charge >= 0.3 is 0 Å². The van der Waals surface area contributed by atoms with Crippen molar-refractivity contribution in [3.05, 3.63) is 40.7 Å². The molecule has 0 spiro atoms. The van der Waals surface area contributed by atoms with E-state index in [1.54, 1.807) is 31.0 Å². The zero-order valence-electron chi connectivity index (χ0n) is 12.3. The van der Waals surface area contributed by atoms with Gasteiger partial charge in [0.15, 0.2) is 0 Å². The molecule has 2 rings (SSSR count). The van der Waals surface area contributed by atoms with Crippen LogP contribution in [0.25, 0.3) is 10.6 Å². The molecule has 0 aliphatic heterocycles. The van der Waals surface area contributed by atoms with Crippen molar-refractivity contribution in [3.63, 3.8) is 0 Å². The summed E-state index contributed by atoms with van der Waals surface area (Å²) in [6.45, 7) is 4.11. The van der Waals surface area contributed by atoms with E-state index in [-0.39, 0.29) is 17.8 Å². The van der Waals surface area contributed by atoms with Crippen LogP contribution in [0.1, 0.15) is 22.3 Å². The van der Waals surface area contributed by atoms with Gasteiger partial charge in [-0.15, -0.1) is 11.3 Å². The van der Waals surface area contributed by atoms with E-state index in [1.165, 1.54) is 23.5 Å². The second-order valence-electron chi connectivity index (χ2n) is 4.94. The van der Waals surface area contributed by atoms with Gasteiger partial charge in [0, 0.05) is 25.2 Å². The van der Waals surface area contributed by atoms with Gasteiger partial charge in [-0.05, 0) is 38.1 Å². The van der Waals surface area contributed by atoms with E-state index >= 15 is 0 Å². The molecule has 1 unspecified atom stereocenters. The molecule has 0 radical (unpaired) electrons. The topological polar surface area (TPSA) is 59.2 Å². The summed E-state index contributed by atoms with van der Waals surface area (Å²) in [6.07, 6.45) is 0. The van der Waals surface area contributed by atoms with Crippen LogP contribution < -0.4 is 5.73 Å². The monoisotopic (exact) mass is 307 g/mol. The molecule has 0 bridgehead atoms. The summed E-state index contributed by atoms with van der Waals surface area (Å²) in [5, 5.41) is 0.713. The fraction of sp³-hybridized carbons (Fsp3) is 0.333. The molecule has 2 N–H and O–H groups in total. The third kappa shape index (κ3) is 3.28. The lowest BCUT2D eigenvalue weighted by Gasteiger charge is -2.23. The Morgan fingerprint density at radius 3 is 2.62 bits per heavy atom. The van der Waals surface area contributed by atoms with Gasteiger partial charge in [-0.2, -0.15) is 0 Å². The Kier molecular flexibility index (Phi) is 4.69. The normalized spacial score (nSPS) is 12.2. The molecule has 0 saturated carbocycles. The average molecular weight is 307 g/mol. The Labute approximate surface area is 127 Å². The number of nitrogens with two attached hydrogens (primary N) is 1. The minimum Gasteiger partial charge on any atom is -0.337 e. The molecule has 2 aromatic rings. The molecule has 0 fully saturated rings. The number of benzene rings is 1. The van der Waals surface area contributed by atoms with E-state index in [9.17, 15) is 9.18 Å². The summed E-state index contributed by atoms with van der Waals surface area (Å²) in [5.74, 6) is -0.379. The van der Waals surface area contributed by atoms with Crippen molar-refractivity contribution in [3.8, 4) is 10.6 Å². The molecular formula is C15H18FN3OS. The van der Waals surface area contributed by atoms with Crippen LogP contribution in [-0.4, -0.2) is 35.4 Å². The van der Waals surface area contributed by atoms with E-state index in [4.69, 9.17) is 5.73 Å². The van der Waals surface area contributed by atoms with Crippen LogP contribution in [0.2, 0.25) is 0 Å². The molecular weight excluding hydrogens is 289 g/mol. The predicted octanol–water partition coefficient (Wildman–Crippen LogP) is 2.68. The molecule has 1 aromatic carbocycles. The number of nitrogens with zero attached hydrogens (tertiary/aromatic N) is 2. The molecule has 1 aromatic heterocycles. The van der Waals surface area contributed by atoms with Crippen molar-refractivity contribution < 1.29 is 9.18 Å². The molecule has 4 nitrogen and oxygen atoms in total. The van der Waals surface area contributed by atoms with E-state index in [0.717, 1.165) is 5.56 Å². The number of thiazole rings is 1. The van der Waals surface area contributed by atoms with Crippen molar-refractivity contribution in [2.75, 3.05) is 13.6 Å². The van der Waals surface area contributed by atoms with Crippen LogP contribution in [-0.2, 0) is 0 Å². The summed E-state index contributed by atoms with van der Waals surface area (Å²) in [6, 6.07) is 6.06. The first-order chi connectivity index (χ1) is 9.93. The number of aromatic nitrogens is 1. The van der Waals surface area contributed by atoms with Gasteiger partial charge in [0.2, 0.25) is 0 Å². The number of aryl methyl sites for hydroxylation is 1. The Hall–Kier alpha value is -1.79. The number of hydrogen-bond acceptors (Lipinski definition) is 4. The summed E-state index contributed by atoms with van der Waals surface area (Å²) in [7, 11) is 1.73. The highest BCUT2D eigenvalue weighted by atomic mass is 32.1. The third-order valence-corrected chi connectivity index (χ3v) is 4.60. The van der Waals surface area contributed by atoms with Crippen molar-refractivity contribution in [2.24, 2.45) is 5.73 Å². The second kappa shape index (κ2) is 6.32. The summed E-state index contributed by atoms with van der Waals surface area (Å²) in [4.78, 5) is 19.1. The van der Waals surface area contributed by atoms with E-state index in [1.807, 2.05) is 6.92 Å². The summed E-state index contributed by atoms with van der Waals surface area (Å²) >= 11 is 1.32. The maximum absolute atomic E-state index is 13.0. The van der Waals surface area contributed by atoms with Crippen molar-refractivity contribution in [2.45, 2.75) is 19.9 Å². The highest BCUT2D eigenvalue weighted by molar-refractivity contribution is 7.17. The molecule has 1 amide bonds. The van der Waals surface area contributed by atoms with Crippen molar-refractivity contribution in [1.82, 2.24) is 9.88 Å². The lowest BCUT2D eigenvalue weighted by Crippen LogP contribution is -2.39. The minimum atomic E-state index is -0.292. The maximum atomic E-state index is 13.0.